The molecule has 0 aliphatic carbocycles. The second-order valence-corrected chi connectivity index (χ2v) is 4.37. The highest BCUT2D eigenvalue weighted by Crippen LogP contribution is 2.21. The standard InChI is InChI=1S/C8H10ClN3S/c1-11(2)5-6-7(9)10-8-12(6)3-4-13-8/h3-4H,5H2,1-2H3. The number of hydrogen-bond donors (Lipinski definition) is 0. The Labute approximate surface area is 85.6 Å². The molecule has 0 spiro atoms. The molecule has 0 amide bonds. The molecule has 2 rings (SSSR count). The molecule has 0 saturated carbocycles. The minimum atomic E-state index is 0.612. The Bertz CT molecular complexity index is 418. The first-order chi connectivity index (χ1) is 6.18. The van der Waals surface area contributed by atoms with E-state index in [0.29, 0.717) is 5.15 Å². The van der Waals surface area contributed by atoms with Gasteiger partial charge in [0.25, 0.3) is 0 Å². The molecule has 0 unspecified atom stereocenters. The van der Waals surface area contributed by atoms with Crippen LogP contribution in [-0.2, 0) is 6.54 Å². The zero-order valence-corrected chi connectivity index (χ0v) is 9.06. The average molecular weight is 216 g/mol. The van der Waals surface area contributed by atoms with Gasteiger partial charge in [-0.1, -0.05) is 11.6 Å². The summed E-state index contributed by atoms with van der Waals surface area (Å²) >= 11 is 7.60. The molecule has 0 atom stereocenters. The summed E-state index contributed by atoms with van der Waals surface area (Å²) in [5.41, 5.74) is 1.06. The van der Waals surface area contributed by atoms with Crippen molar-refractivity contribution in [3.63, 3.8) is 0 Å². The molecule has 3 nitrogen and oxygen atoms in total. The molecular weight excluding hydrogens is 206 g/mol. The van der Waals surface area contributed by atoms with Crippen LogP contribution >= 0.6 is 22.9 Å². The van der Waals surface area contributed by atoms with Crippen LogP contribution in [0.5, 0.6) is 0 Å². The van der Waals surface area contributed by atoms with Gasteiger partial charge in [-0.15, -0.1) is 11.3 Å². The van der Waals surface area contributed by atoms with Gasteiger partial charge in [-0.2, -0.15) is 0 Å². The fourth-order valence-electron chi connectivity index (χ4n) is 1.25. The van der Waals surface area contributed by atoms with Gasteiger partial charge in [-0.05, 0) is 14.1 Å². The lowest BCUT2D eigenvalue weighted by Gasteiger charge is -2.08. The van der Waals surface area contributed by atoms with Crippen LogP contribution in [0.2, 0.25) is 5.15 Å². The van der Waals surface area contributed by atoms with Gasteiger partial charge >= 0.3 is 0 Å². The van der Waals surface area contributed by atoms with Gasteiger partial charge in [0.05, 0.1) is 5.69 Å². The normalized spacial score (nSPS) is 11.7. The molecule has 2 heterocycles. The van der Waals surface area contributed by atoms with E-state index in [4.69, 9.17) is 11.6 Å². The molecule has 0 aromatic carbocycles. The third-order valence-electron chi connectivity index (χ3n) is 1.78. The molecule has 2 aromatic heterocycles. The largest absolute Gasteiger partial charge is 0.304 e. The van der Waals surface area contributed by atoms with E-state index in [1.54, 1.807) is 11.3 Å². The van der Waals surface area contributed by atoms with Gasteiger partial charge in [0.15, 0.2) is 10.1 Å². The Balaban J connectivity index is 2.51. The molecule has 0 radical (unpaired) electrons. The van der Waals surface area contributed by atoms with Crippen LogP contribution in [-0.4, -0.2) is 28.4 Å². The molecular formula is C8H10ClN3S. The number of imidazole rings is 1. The lowest BCUT2D eigenvalue weighted by atomic mass is 10.4. The maximum Gasteiger partial charge on any atom is 0.195 e. The smallest absolute Gasteiger partial charge is 0.195 e. The SMILES string of the molecule is CN(C)Cc1c(Cl)nc2sccn12. The van der Waals surface area contributed by atoms with E-state index in [-0.39, 0.29) is 0 Å². The summed E-state index contributed by atoms with van der Waals surface area (Å²) < 4.78 is 2.03. The highest BCUT2D eigenvalue weighted by molar-refractivity contribution is 7.15. The predicted octanol–water partition coefficient (Wildman–Crippen LogP) is 2.11. The number of halogens is 1. The van der Waals surface area contributed by atoms with Crippen LogP contribution in [0.15, 0.2) is 11.6 Å². The Morgan fingerprint density at radius 3 is 3.08 bits per heavy atom. The number of hydrogen-bond acceptors (Lipinski definition) is 3. The molecule has 0 bridgehead atoms. The molecule has 5 heteroatoms. The molecule has 0 aliphatic rings. The summed E-state index contributed by atoms with van der Waals surface area (Å²) in [6.07, 6.45) is 2.00. The van der Waals surface area contributed by atoms with Crippen molar-refractivity contribution < 1.29 is 0 Å². The summed E-state index contributed by atoms with van der Waals surface area (Å²) in [4.78, 5) is 7.28. The maximum atomic E-state index is 6.00. The second-order valence-electron chi connectivity index (χ2n) is 3.14. The number of rotatable bonds is 2. The summed E-state index contributed by atoms with van der Waals surface area (Å²) in [7, 11) is 4.03. The van der Waals surface area contributed by atoms with Crippen LogP contribution in [0.25, 0.3) is 4.96 Å². The lowest BCUT2D eigenvalue weighted by molar-refractivity contribution is 0.396. The third-order valence-corrected chi connectivity index (χ3v) is 2.84. The average Bonchev–Trinajstić information content (AvgIpc) is 2.55. The number of nitrogens with zero attached hydrogens (tertiary/aromatic N) is 3. The van der Waals surface area contributed by atoms with Crippen LogP contribution < -0.4 is 0 Å². The fraction of sp³-hybridized carbons (Fsp3) is 0.375. The van der Waals surface area contributed by atoms with Crippen LogP contribution in [0.1, 0.15) is 5.69 Å². The monoisotopic (exact) mass is 215 g/mol. The van der Waals surface area contributed by atoms with Gasteiger partial charge in [0, 0.05) is 18.1 Å². The number of aromatic nitrogens is 2. The van der Waals surface area contributed by atoms with E-state index in [2.05, 4.69) is 9.88 Å². The van der Waals surface area contributed by atoms with Crippen molar-refractivity contribution in [2.24, 2.45) is 0 Å². The van der Waals surface area contributed by atoms with Gasteiger partial charge in [0.1, 0.15) is 0 Å². The lowest BCUT2D eigenvalue weighted by Crippen LogP contribution is -2.12. The van der Waals surface area contributed by atoms with Crippen molar-refractivity contribution in [3.8, 4) is 0 Å². The van der Waals surface area contributed by atoms with Gasteiger partial charge in [-0.25, -0.2) is 4.98 Å². The first-order valence-electron chi connectivity index (χ1n) is 3.93. The summed E-state index contributed by atoms with van der Waals surface area (Å²) in [6, 6.07) is 0. The molecule has 70 valence electrons. The molecule has 0 aliphatic heterocycles. The minimum absolute atomic E-state index is 0.612. The van der Waals surface area contributed by atoms with Crippen molar-refractivity contribution in [1.29, 1.82) is 0 Å². The summed E-state index contributed by atoms with van der Waals surface area (Å²) in [5.74, 6) is 0. The fourth-order valence-corrected chi connectivity index (χ4v) is 2.26. The Morgan fingerprint density at radius 2 is 2.38 bits per heavy atom. The maximum absolute atomic E-state index is 6.00. The van der Waals surface area contributed by atoms with Crippen molar-refractivity contribution in [3.05, 3.63) is 22.4 Å². The van der Waals surface area contributed by atoms with E-state index in [1.165, 1.54) is 0 Å². The summed E-state index contributed by atoms with van der Waals surface area (Å²) in [6.45, 7) is 0.816. The Morgan fingerprint density at radius 1 is 1.62 bits per heavy atom. The van der Waals surface area contributed by atoms with Gasteiger partial charge in [-0.3, -0.25) is 4.40 Å². The molecule has 0 fully saturated rings. The minimum Gasteiger partial charge on any atom is -0.304 e. The zero-order chi connectivity index (χ0) is 9.42. The van der Waals surface area contributed by atoms with E-state index in [1.807, 2.05) is 30.1 Å². The third kappa shape index (κ3) is 1.57. The van der Waals surface area contributed by atoms with Gasteiger partial charge in [0.2, 0.25) is 0 Å². The second kappa shape index (κ2) is 3.29. The molecule has 0 saturated heterocycles. The summed E-state index contributed by atoms with van der Waals surface area (Å²) in [5, 5.41) is 2.62. The van der Waals surface area contributed by atoms with Crippen molar-refractivity contribution in [2.75, 3.05) is 14.1 Å². The zero-order valence-electron chi connectivity index (χ0n) is 7.49. The Kier molecular flexibility index (Phi) is 2.27. The van der Waals surface area contributed by atoms with E-state index in [9.17, 15) is 0 Å². The molecule has 13 heavy (non-hydrogen) atoms. The van der Waals surface area contributed by atoms with Crippen molar-refractivity contribution >= 4 is 27.9 Å². The van der Waals surface area contributed by atoms with Gasteiger partial charge < -0.3 is 4.90 Å². The first-order valence-corrected chi connectivity index (χ1v) is 5.19. The quantitative estimate of drug-likeness (QED) is 0.765. The van der Waals surface area contributed by atoms with Crippen LogP contribution in [0.3, 0.4) is 0 Å². The number of fused-ring (bicyclic) bond motifs is 1. The molecule has 0 N–H and O–H groups in total. The van der Waals surface area contributed by atoms with E-state index < -0.39 is 0 Å². The van der Waals surface area contributed by atoms with E-state index >= 15 is 0 Å². The highest BCUT2D eigenvalue weighted by atomic mass is 35.5. The van der Waals surface area contributed by atoms with Crippen LogP contribution in [0.4, 0.5) is 0 Å². The van der Waals surface area contributed by atoms with Crippen LogP contribution in [0, 0.1) is 0 Å². The van der Waals surface area contributed by atoms with Crippen molar-refractivity contribution in [2.45, 2.75) is 6.54 Å². The predicted molar refractivity (Wildman–Crippen MR) is 55.5 cm³/mol. The Hall–Kier alpha value is -0.580. The number of thiazole rings is 1. The molecule has 2 aromatic rings. The highest BCUT2D eigenvalue weighted by Gasteiger charge is 2.11. The van der Waals surface area contributed by atoms with Crippen molar-refractivity contribution in [1.82, 2.24) is 14.3 Å². The van der Waals surface area contributed by atoms with E-state index in [0.717, 1.165) is 17.2 Å². The topological polar surface area (TPSA) is 20.5 Å². The first kappa shape index (κ1) is 8.99.